The van der Waals surface area contributed by atoms with Gasteiger partial charge >= 0.3 is 0 Å². The number of halogens is 1. The number of carbonyl (C=O) groups excluding carboxylic acids is 1. The van der Waals surface area contributed by atoms with Crippen molar-refractivity contribution in [2.75, 3.05) is 0 Å². The lowest BCUT2D eigenvalue weighted by Gasteiger charge is -1.90. The van der Waals surface area contributed by atoms with Gasteiger partial charge in [0.2, 0.25) is 5.91 Å². The van der Waals surface area contributed by atoms with Gasteiger partial charge < -0.3 is 10.7 Å². The van der Waals surface area contributed by atoms with Crippen molar-refractivity contribution >= 4 is 18.3 Å². The number of aromatic nitrogens is 2. The van der Waals surface area contributed by atoms with Gasteiger partial charge in [-0.3, -0.25) is 4.79 Å². The molecule has 1 aromatic heterocycles. The van der Waals surface area contributed by atoms with Gasteiger partial charge in [0.25, 0.3) is 0 Å². The van der Waals surface area contributed by atoms with Crippen LogP contribution in [0.25, 0.3) is 0 Å². The molecule has 1 saturated carbocycles. The molecule has 1 unspecified atom stereocenters. The molecule has 5 heteroatoms. The molecule has 0 bridgehead atoms. The van der Waals surface area contributed by atoms with Crippen molar-refractivity contribution in [1.29, 1.82) is 0 Å². The normalized spacial score (nSPS) is 26.0. The van der Waals surface area contributed by atoms with Crippen LogP contribution in [0.2, 0.25) is 0 Å². The van der Waals surface area contributed by atoms with Crippen molar-refractivity contribution in [3.05, 3.63) is 18.2 Å². The van der Waals surface area contributed by atoms with Gasteiger partial charge in [0.1, 0.15) is 0 Å². The summed E-state index contributed by atoms with van der Waals surface area (Å²) in [7, 11) is 0. The summed E-state index contributed by atoms with van der Waals surface area (Å²) >= 11 is 0. The predicted molar refractivity (Wildman–Crippen MR) is 45.9 cm³/mol. The summed E-state index contributed by atoms with van der Waals surface area (Å²) in [6, 6.07) is 0. The molecule has 0 aliphatic heterocycles. The molecule has 1 heterocycles. The summed E-state index contributed by atoms with van der Waals surface area (Å²) in [5, 5.41) is 0. The third kappa shape index (κ3) is 1.43. The van der Waals surface area contributed by atoms with Gasteiger partial charge in [0.05, 0.1) is 6.33 Å². The molecule has 2 atom stereocenters. The number of rotatable bonds is 2. The molecule has 0 saturated heterocycles. The number of H-pyrrole nitrogens is 1. The van der Waals surface area contributed by atoms with Crippen LogP contribution in [0, 0.1) is 5.92 Å². The first-order chi connectivity index (χ1) is 5.29. The monoisotopic (exact) mass is 187 g/mol. The van der Waals surface area contributed by atoms with E-state index in [1.165, 1.54) is 0 Å². The van der Waals surface area contributed by atoms with Crippen LogP contribution in [0.4, 0.5) is 0 Å². The Morgan fingerprint density at radius 3 is 2.92 bits per heavy atom. The second-order valence-corrected chi connectivity index (χ2v) is 2.86. The molecule has 1 aliphatic rings. The molecule has 1 amide bonds. The molecule has 0 aromatic carbocycles. The fourth-order valence-electron chi connectivity index (χ4n) is 1.32. The molecule has 1 aromatic rings. The highest BCUT2D eigenvalue weighted by Gasteiger charge is 2.43. The molecular weight excluding hydrogens is 178 g/mol. The molecule has 1 aliphatic carbocycles. The van der Waals surface area contributed by atoms with Crippen LogP contribution < -0.4 is 5.73 Å². The van der Waals surface area contributed by atoms with Gasteiger partial charge in [-0.2, -0.15) is 0 Å². The van der Waals surface area contributed by atoms with Crippen LogP contribution in [0.5, 0.6) is 0 Å². The molecule has 0 radical (unpaired) electrons. The van der Waals surface area contributed by atoms with Gasteiger partial charge in [-0.25, -0.2) is 4.98 Å². The molecule has 0 spiro atoms. The van der Waals surface area contributed by atoms with Crippen molar-refractivity contribution in [3.8, 4) is 0 Å². The third-order valence-electron chi connectivity index (χ3n) is 2.07. The summed E-state index contributed by atoms with van der Waals surface area (Å²) in [6.07, 6.45) is 4.23. The highest BCUT2D eigenvalue weighted by Crippen LogP contribution is 2.45. The number of imidazole rings is 1. The van der Waals surface area contributed by atoms with Crippen LogP contribution in [0.1, 0.15) is 18.0 Å². The minimum absolute atomic E-state index is 0. The van der Waals surface area contributed by atoms with Crippen LogP contribution >= 0.6 is 12.4 Å². The van der Waals surface area contributed by atoms with E-state index in [0.29, 0.717) is 5.92 Å². The maximum atomic E-state index is 10.7. The number of hydrogen-bond donors (Lipinski definition) is 2. The zero-order valence-electron chi connectivity index (χ0n) is 6.36. The lowest BCUT2D eigenvalue weighted by Crippen LogP contribution is -2.13. The van der Waals surface area contributed by atoms with Crippen LogP contribution in [0.15, 0.2) is 12.5 Å². The minimum Gasteiger partial charge on any atom is -0.369 e. The Kier molecular flexibility index (Phi) is 2.38. The Labute approximate surface area is 76.0 Å². The molecular formula is C7H10ClN3O. The van der Waals surface area contributed by atoms with Crippen LogP contribution in [-0.4, -0.2) is 15.9 Å². The Balaban J connectivity index is 0.000000720. The summed E-state index contributed by atoms with van der Waals surface area (Å²) in [5.74, 6) is 0.134. The fourth-order valence-corrected chi connectivity index (χ4v) is 1.32. The molecule has 1 fully saturated rings. The third-order valence-corrected chi connectivity index (χ3v) is 2.07. The number of aromatic amines is 1. The van der Waals surface area contributed by atoms with Crippen molar-refractivity contribution in [2.24, 2.45) is 11.7 Å². The van der Waals surface area contributed by atoms with Gasteiger partial charge in [-0.15, -0.1) is 12.4 Å². The first kappa shape index (κ1) is 9.06. The largest absolute Gasteiger partial charge is 0.369 e. The summed E-state index contributed by atoms with van der Waals surface area (Å²) < 4.78 is 0. The van der Waals surface area contributed by atoms with E-state index in [4.69, 9.17) is 5.73 Å². The summed E-state index contributed by atoms with van der Waals surface area (Å²) in [5.41, 5.74) is 6.14. The van der Waals surface area contributed by atoms with Crippen molar-refractivity contribution in [3.63, 3.8) is 0 Å². The van der Waals surface area contributed by atoms with Crippen molar-refractivity contribution < 1.29 is 4.79 Å². The fraction of sp³-hybridized carbons (Fsp3) is 0.429. The Morgan fingerprint density at radius 1 is 1.75 bits per heavy atom. The average molecular weight is 188 g/mol. The van der Waals surface area contributed by atoms with E-state index in [1.807, 2.05) is 0 Å². The van der Waals surface area contributed by atoms with Crippen LogP contribution in [-0.2, 0) is 4.79 Å². The van der Waals surface area contributed by atoms with E-state index in [0.717, 1.165) is 12.1 Å². The van der Waals surface area contributed by atoms with E-state index >= 15 is 0 Å². The number of primary amides is 1. The standard InChI is InChI=1S/C7H9N3O.ClH/c8-7(11)5-1-4(5)6-2-9-3-10-6;/h2-5H,1H2,(H2,8,11)(H,9,10);1H/t4?,5-;/m1./s1. The van der Waals surface area contributed by atoms with E-state index in [9.17, 15) is 4.79 Å². The Hall–Kier alpha value is -1.03. The van der Waals surface area contributed by atoms with E-state index < -0.39 is 0 Å². The number of amides is 1. The smallest absolute Gasteiger partial charge is 0.221 e. The number of nitrogens with two attached hydrogens (primary N) is 1. The number of nitrogens with zero attached hydrogens (tertiary/aromatic N) is 1. The van der Waals surface area contributed by atoms with Crippen molar-refractivity contribution in [2.45, 2.75) is 12.3 Å². The van der Waals surface area contributed by atoms with E-state index in [2.05, 4.69) is 9.97 Å². The van der Waals surface area contributed by atoms with E-state index in [-0.39, 0.29) is 24.2 Å². The second kappa shape index (κ2) is 3.15. The molecule has 3 N–H and O–H groups in total. The average Bonchev–Trinajstić information content (AvgIpc) is 2.60. The summed E-state index contributed by atoms with van der Waals surface area (Å²) in [6.45, 7) is 0. The molecule has 66 valence electrons. The van der Waals surface area contributed by atoms with E-state index in [1.54, 1.807) is 12.5 Å². The number of carbonyl (C=O) groups is 1. The minimum atomic E-state index is -0.204. The number of hydrogen-bond acceptors (Lipinski definition) is 2. The quantitative estimate of drug-likeness (QED) is 0.705. The molecule has 12 heavy (non-hydrogen) atoms. The molecule has 4 nitrogen and oxygen atoms in total. The molecule has 2 rings (SSSR count). The van der Waals surface area contributed by atoms with Gasteiger partial charge in [-0.05, 0) is 6.42 Å². The highest BCUT2D eigenvalue weighted by atomic mass is 35.5. The Bertz CT molecular complexity index is 272. The maximum Gasteiger partial charge on any atom is 0.221 e. The topological polar surface area (TPSA) is 71.8 Å². The second-order valence-electron chi connectivity index (χ2n) is 2.86. The van der Waals surface area contributed by atoms with Crippen LogP contribution in [0.3, 0.4) is 0 Å². The SMILES string of the molecule is Cl.NC(=O)[C@@H]1CC1c1cnc[nH]1. The lowest BCUT2D eigenvalue weighted by molar-refractivity contribution is -0.119. The maximum absolute atomic E-state index is 10.7. The first-order valence-electron chi connectivity index (χ1n) is 3.56. The summed E-state index contributed by atoms with van der Waals surface area (Å²) in [4.78, 5) is 17.5. The first-order valence-corrected chi connectivity index (χ1v) is 3.56. The zero-order valence-corrected chi connectivity index (χ0v) is 7.17. The zero-order chi connectivity index (χ0) is 7.84. The van der Waals surface area contributed by atoms with Gasteiger partial charge in [-0.1, -0.05) is 0 Å². The Morgan fingerprint density at radius 2 is 2.50 bits per heavy atom. The highest BCUT2D eigenvalue weighted by molar-refractivity contribution is 5.85. The van der Waals surface area contributed by atoms with Gasteiger partial charge in [0.15, 0.2) is 0 Å². The van der Waals surface area contributed by atoms with Crippen molar-refractivity contribution in [1.82, 2.24) is 9.97 Å². The lowest BCUT2D eigenvalue weighted by atomic mass is 10.2. The van der Waals surface area contributed by atoms with Gasteiger partial charge in [0, 0.05) is 23.7 Å². The predicted octanol–water partition coefficient (Wildman–Crippen LogP) is 0.420. The number of nitrogens with one attached hydrogen (secondary N) is 1.